The molecule has 0 saturated carbocycles. The molecule has 0 aliphatic rings. The van der Waals surface area contributed by atoms with E-state index in [1.54, 1.807) is 0 Å². The molecular formula is C55H38N2O. The molecule has 0 unspecified atom stereocenters. The molecule has 0 aliphatic carbocycles. The van der Waals surface area contributed by atoms with Crippen LogP contribution in [0.1, 0.15) is 11.1 Å². The SMILES string of the molecule is C=NC(=NCc1ccc(-c2cc(-c3ccccc3)cc(-c3ccccc3)c2-c2ccccc2)cc1)c1ccc(-c2ccccc2)c2oc3cc4ccccc4cc3c12. The van der Waals surface area contributed by atoms with Crippen LogP contribution in [0.2, 0.25) is 0 Å². The molecule has 58 heavy (non-hydrogen) atoms. The Morgan fingerprint density at radius 2 is 0.966 bits per heavy atom. The molecule has 0 aliphatic heterocycles. The second-order valence-electron chi connectivity index (χ2n) is 14.6. The van der Waals surface area contributed by atoms with E-state index in [4.69, 9.17) is 9.41 Å². The van der Waals surface area contributed by atoms with Crippen molar-refractivity contribution in [2.75, 3.05) is 0 Å². The van der Waals surface area contributed by atoms with E-state index in [0.29, 0.717) is 12.4 Å². The molecule has 3 nitrogen and oxygen atoms in total. The molecule has 0 N–H and O–H groups in total. The minimum Gasteiger partial charge on any atom is -0.455 e. The number of furan rings is 1. The predicted octanol–water partition coefficient (Wildman–Crippen LogP) is 14.7. The number of hydrogen-bond donors (Lipinski definition) is 0. The summed E-state index contributed by atoms with van der Waals surface area (Å²) >= 11 is 0. The van der Waals surface area contributed by atoms with Crippen LogP contribution >= 0.6 is 0 Å². The molecule has 274 valence electrons. The predicted molar refractivity (Wildman–Crippen MR) is 245 cm³/mol. The molecule has 1 heterocycles. The van der Waals surface area contributed by atoms with Crippen molar-refractivity contribution >= 4 is 45.3 Å². The second kappa shape index (κ2) is 15.1. The summed E-state index contributed by atoms with van der Waals surface area (Å²) in [6, 6.07) is 72.8. The molecule has 1 aromatic heterocycles. The second-order valence-corrected chi connectivity index (χ2v) is 14.6. The Labute approximate surface area is 337 Å². The van der Waals surface area contributed by atoms with Crippen molar-refractivity contribution < 1.29 is 4.42 Å². The summed E-state index contributed by atoms with van der Waals surface area (Å²) in [7, 11) is 0. The van der Waals surface area contributed by atoms with Crippen molar-refractivity contribution in [2.45, 2.75) is 6.54 Å². The van der Waals surface area contributed by atoms with E-state index in [1.165, 1.54) is 38.9 Å². The molecule has 9 aromatic carbocycles. The fourth-order valence-electron chi connectivity index (χ4n) is 8.20. The molecule has 0 bridgehead atoms. The number of amidine groups is 1. The zero-order chi connectivity index (χ0) is 38.8. The third kappa shape index (κ3) is 6.49. The fraction of sp³-hybridized carbons (Fsp3) is 0.0182. The number of aliphatic imine (C=N–C) groups is 2. The van der Waals surface area contributed by atoms with E-state index in [2.05, 4.69) is 212 Å². The van der Waals surface area contributed by atoms with Gasteiger partial charge in [0.15, 0.2) is 5.84 Å². The minimum absolute atomic E-state index is 0.445. The maximum absolute atomic E-state index is 6.70. The highest BCUT2D eigenvalue weighted by Crippen LogP contribution is 2.44. The van der Waals surface area contributed by atoms with Gasteiger partial charge in [0.25, 0.3) is 0 Å². The molecule has 0 fully saturated rings. The summed E-state index contributed by atoms with van der Waals surface area (Å²) < 4.78 is 6.70. The van der Waals surface area contributed by atoms with E-state index in [-0.39, 0.29) is 0 Å². The van der Waals surface area contributed by atoms with Gasteiger partial charge in [0.1, 0.15) is 11.2 Å². The Morgan fingerprint density at radius 1 is 0.448 bits per heavy atom. The summed E-state index contributed by atoms with van der Waals surface area (Å²) in [4.78, 5) is 9.63. The van der Waals surface area contributed by atoms with Crippen LogP contribution in [0.5, 0.6) is 0 Å². The monoisotopic (exact) mass is 742 g/mol. The lowest BCUT2D eigenvalue weighted by Crippen LogP contribution is -1.99. The Bertz CT molecular complexity index is 3110. The maximum Gasteiger partial charge on any atom is 0.155 e. The lowest BCUT2D eigenvalue weighted by atomic mass is 9.84. The first-order chi connectivity index (χ1) is 28.7. The average Bonchev–Trinajstić information content (AvgIpc) is 3.67. The number of nitrogens with zero attached hydrogens (tertiary/aromatic N) is 2. The number of rotatable bonds is 8. The number of hydrogen-bond acceptors (Lipinski definition) is 2. The molecular weight excluding hydrogens is 705 g/mol. The number of benzene rings is 9. The van der Waals surface area contributed by atoms with Crippen LogP contribution in [0, 0.1) is 0 Å². The number of fused-ring (bicyclic) bond motifs is 4. The van der Waals surface area contributed by atoms with Crippen molar-refractivity contribution in [3.05, 3.63) is 217 Å². The van der Waals surface area contributed by atoms with Crippen LogP contribution in [0.3, 0.4) is 0 Å². The summed E-state index contributed by atoms with van der Waals surface area (Å²) in [6.45, 7) is 4.44. The van der Waals surface area contributed by atoms with Gasteiger partial charge in [-0.2, -0.15) is 0 Å². The van der Waals surface area contributed by atoms with Gasteiger partial charge in [0.2, 0.25) is 0 Å². The summed E-state index contributed by atoms with van der Waals surface area (Å²) in [5.74, 6) is 0.582. The van der Waals surface area contributed by atoms with Crippen molar-refractivity contribution in [1.29, 1.82) is 0 Å². The zero-order valence-electron chi connectivity index (χ0n) is 31.8. The fourth-order valence-corrected chi connectivity index (χ4v) is 8.20. The molecule has 10 aromatic rings. The molecule has 0 spiro atoms. The van der Waals surface area contributed by atoms with Gasteiger partial charge in [-0.3, -0.25) is 4.99 Å². The molecule has 0 atom stereocenters. The van der Waals surface area contributed by atoms with Gasteiger partial charge >= 0.3 is 0 Å². The van der Waals surface area contributed by atoms with E-state index >= 15 is 0 Å². The summed E-state index contributed by atoms with van der Waals surface area (Å²) in [5, 5.41) is 4.31. The van der Waals surface area contributed by atoms with Crippen molar-refractivity contribution in [1.82, 2.24) is 0 Å². The molecule has 0 radical (unpaired) electrons. The topological polar surface area (TPSA) is 37.9 Å². The quantitative estimate of drug-likeness (QED) is 0.113. The standard InChI is InChI=1S/C55H38N2O/c1-56-55(47-31-30-46(39-18-8-3-9-19-39)54-53(47)50-32-43-24-14-15-25-44(43)35-51(50)58-54)57-36-37-26-28-41(29-27-37)49-34-45(38-16-6-2-7-17-38)33-48(40-20-10-4-11-21-40)52(49)42-22-12-5-13-23-42/h2-35H,1,36H2. The molecule has 0 amide bonds. The van der Waals surface area contributed by atoms with Crippen LogP contribution in [-0.2, 0) is 6.54 Å². The van der Waals surface area contributed by atoms with Gasteiger partial charge in [-0.05, 0) is 110 Å². The normalized spacial score (nSPS) is 11.7. The van der Waals surface area contributed by atoms with Gasteiger partial charge in [-0.25, -0.2) is 4.99 Å². The third-order valence-electron chi connectivity index (χ3n) is 11.0. The highest BCUT2D eigenvalue weighted by atomic mass is 16.3. The lowest BCUT2D eigenvalue weighted by molar-refractivity contribution is 0.670. The Balaban J connectivity index is 1.07. The highest BCUT2D eigenvalue weighted by Gasteiger charge is 2.20. The van der Waals surface area contributed by atoms with Crippen LogP contribution in [0.15, 0.2) is 221 Å². The first kappa shape index (κ1) is 34.8. The van der Waals surface area contributed by atoms with Crippen LogP contribution in [0.4, 0.5) is 0 Å². The largest absolute Gasteiger partial charge is 0.455 e. The minimum atomic E-state index is 0.445. The van der Waals surface area contributed by atoms with Crippen molar-refractivity contribution in [2.24, 2.45) is 9.98 Å². The first-order valence-electron chi connectivity index (χ1n) is 19.6. The van der Waals surface area contributed by atoms with E-state index < -0.39 is 0 Å². The molecule has 3 heteroatoms. The first-order valence-corrected chi connectivity index (χ1v) is 19.6. The molecule has 0 saturated heterocycles. The van der Waals surface area contributed by atoms with E-state index in [0.717, 1.165) is 60.5 Å². The van der Waals surface area contributed by atoms with Crippen LogP contribution in [-0.4, -0.2) is 12.6 Å². The highest BCUT2D eigenvalue weighted by molar-refractivity contribution is 6.22. The van der Waals surface area contributed by atoms with Gasteiger partial charge in [-0.1, -0.05) is 170 Å². The van der Waals surface area contributed by atoms with Crippen molar-refractivity contribution in [3.63, 3.8) is 0 Å². The zero-order valence-corrected chi connectivity index (χ0v) is 31.8. The van der Waals surface area contributed by atoms with Gasteiger partial charge in [0.05, 0.1) is 6.54 Å². The third-order valence-corrected chi connectivity index (χ3v) is 11.0. The van der Waals surface area contributed by atoms with Crippen molar-refractivity contribution in [3.8, 4) is 55.6 Å². The van der Waals surface area contributed by atoms with E-state index in [9.17, 15) is 0 Å². The summed E-state index contributed by atoms with van der Waals surface area (Å²) in [5.41, 5.74) is 15.2. The Kier molecular flexibility index (Phi) is 9.09. The maximum atomic E-state index is 6.70. The lowest BCUT2D eigenvalue weighted by Gasteiger charge is -2.19. The Hall–Kier alpha value is -7.62. The summed E-state index contributed by atoms with van der Waals surface area (Å²) in [6.07, 6.45) is 0. The molecule has 10 rings (SSSR count). The van der Waals surface area contributed by atoms with Gasteiger partial charge < -0.3 is 4.42 Å². The van der Waals surface area contributed by atoms with Gasteiger partial charge in [0, 0.05) is 21.9 Å². The average molecular weight is 743 g/mol. The Morgan fingerprint density at radius 3 is 1.57 bits per heavy atom. The van der Waals surface area contributed by atoms with Crippen LogP contribution in [0.25, 0.3) is 88.3 Å². The van der Waals surface area contributed by atoms with Gasteiger partial charge in [-0.15, -0.1) is 0 Å². The smallest absolute Gasteiger partial charge is 0.155 e. The van der Waals surface area contributed by atoms with E-state index in [1.807, 2.05) is 6.07 Å². The van der Waals surface area contributed by atoms with Crippen LogP contribution < -0.4 is 0 Å².